The second-order valence-corrected chi connectivity index (χ2v) is 8.53. The fourth-order valence-corrected chi connectivity index (χ4v) is 4.56. The number of nitrogens with zero attached hydrogens (tertiary/aromatic N) is 2. The molecule has 2 bridgehead atoms. The van der Waals surface area contributed by atoms with Crippen molar-refractivity contribution in [2.24, 2.45) is 5.41 Å². The van der Waals surface area contributed by atoms with Crippen LogP contribution < -0.4 is 4.74 Å². The predicted molar refractivity (Wildman–Crippen MR) is 95.4 cm³/mol. The summed E-state index contributed by atoms with van der Waals surface area (Å²) in [6.07, 6.45) is 3.65. The lowest BCUT2D eigenvalue weighted by Gasteiger charge is -2.40. The van der Waals surface area contributed by atoms with Crippen LogP contribution in [0.3, 0.4) is 0 Å². The van der Waals surface area contributed by atoms with E-state index >= 15 is 0 Å². The van der Waals surface area contributed by atoms with E-state index in [1.165, 1.54) is 37.9 Å². The van der Waals surface area contributed by atoms with Crippen molar-refractivity contribution in [3.05, 3.63) is 29.8 Å². The molecular formula is C20H30N2O2. The number of piperidine rings is 1. The maximum atomic E-state index is 6.43. The minimum absolute atomic E-state index is 0.0787. The molecule has 0 amide bonds. The topological polar surface area (TPSA) is 24.9 Å². The largest absolute Gasteiger partial charge is 0.486 e. The molecule has 4 rings (SSSR count). The Morgan fingerprint density at radius 2 is 1.96 bits per heavy atom. The molecule has 0 radical (unpaired) electrons. The van der Waals surface area contributed by atoms with Crippen LogP contribution in [0.15, 0.2) is 24.3 Å². The lowest BCUT2D eigenvalue weighted by molar-refractivity contribution is -0.113. The van der Waals surface area contributed by atoms with E-state index in [1.807, 2.05) is 0 Å². The van der Waals surface area contributed by atoms with E-state index < -0.39 is 0 Å². The maximum Gasteiger partial charge on any atom is 0.123 e. The van der Waals surface area contributed by atoms with Gasteiger partial charge in [-0.25, -0.2) is 0 Å². The Hall–Kier alpha value is -1.10. The molecule has 132 valence electrons. The Morgan fingerprint density at radius 3 is 2.67 bits per heavy atom. The molecule has 3 fully saturated rings. The van der Waals surface area contributed by atoms with E-state index in [0.717, 1.165) is 38.6 Å². The van der Waals surface area contributed by atoms with Gasteiger partial charge < -0.3 is 14.4 Å². The molecular weight excluding hydrogens is 300 g/mol. The van der Waals surface area contributed by atoms with Crippen LogP contribution >= 0.6 is 0 Å². The summed E-state index contributed by atoms with van der Waals surface area (Å²) in [5.74, 6) is 1.03. The first-order valence-electron chi connectivity index (χ1n) is 9.31. The minimum Gasteiger partial charge on any atom is -0.486 e. The molecule has 3 aliphatic heterocycles. The van der Waals surface area contributed by atoms with Crippen LogP contribution in [0.2, 0.25) is 0 Å². The maximum absolute atomic E-state index is 6.43. The number of rotatable bonds is 6. The Labute approximate surface area is 145 Å². The molecule has 0 aromatic heterocycles. The van der Waals surface area contributed by atoms with Gasteiger partial charge in [-0.15, -0.1) is 0 Å². The zero-order valence-electron chi connectivity index (χ0n) is 15.1. The van der Waals surface area contributed by atoms with Crippen LogP contribution in [-0.2, 0) is 11.3 Å². The van der Waals surface area contributed by atoms with E-state index in [9.17, 15) is 0 Å². The van der Waals surface area contributed by atoms with E-state index in [0.29, 0.717) is 5.41 Å². The summed E-state index contributed by atoms with van der Waals surface area (Å²) in [6.45, 7) is 9.72. The van der Waals surface area contributed by atoms with E-state index in [4.69, 9.17) is 9.47 Å². The van der Waals surface area contributed by atoms with Crippen LogP contribution in [0.25, 0.3) is 0 Å². The van der Waals surface area contributed by atoms with Gasteiger partial charge in [0.15, 0.2) is 0 Å². The Morgan fingerprint density at radius 1 is 1.17 bits per heavy atom. The van der Waals surface area contributed by atoms with Crippen LogP contribution in [-0.4, -0.2) is 61.8 Å². The average molecular weight is 330 g/mol. The summed E-state index contributed by atoms with van der Waals surface area (Å²) in [4.78, 5) is 4.94. The Balaban J connectivity index is 1.33. The molecule has 4 nitrogen and oxygen atoms in total. The summed E-state index contributed by atoms with van der Waals surface area (Å²) >= 11 is 0. The van der Waals surface area contributed by atoms with Crippen molar-refractivity contribution in [1.29, 1.82) is 0 Å². The van der Waals surface area contributed by atoms with E-state index in [2.05, 4.69) is 48.0 Å². The van der Waals surface area contributed by atoms with Crippen molar-refractivity contribution < 1.29 is 9.47 Å². The SMILES string of the molecule is CN(Cc1ccc(OC23CCCN(CC2)C3)cc1)CC1(C)COC1. The first-order chi connectivity index (χ1) is 11.5. The monoisotopic (exact) mass is 330 g/mol. The van der Waals surface area contributed by atoms with Gasteiger partial charge in [-0.2, -0.15) is 0 Å². The fraction of sp³-hybridized carbons (Fsp3) is 0.700. The molecule has 2 atom stereocenters. The third-order valence-electron chi connectivity index (χ3n) is 5.77. The van der Waals surface area contributed by atoms with Gasteiger partial charge in [-0.05, 0) is 44.1 Å². The standard InChI is InChI=1S/C20H30N2O2/c1-19(15-23-16-19)13-21(2)12-17-4-6-18(7-5-17)24-20-8-3-10-22(14-20)11-9-20/h4-7H,3,8-16H2,1-2H3. The van der Waals surface area contributed by atoms with Crippen molar-refractivity contribution in [3.8, 4) is 5.75 Å². The Kier molecular flexibility index (Phi) is 4.31. The minimum atomic E-state index is 0.0787. The molecule has 0 N–H and O–H groups in total. The van der Waals surface area contributed by atoms with E-state index in [-0.39, 0.29) is 5.60 Å². The molecule has 24 heavy (non-hydrogen) atoms. The molecule has 2 unspecified atom stereocenters. The van der Waals surface area contributed by atoms with Gasteiger partial charge in [-0.1, -0.05) is 19.1 Å². The second-order valence-electron chi connectivity index (χ2n) is 8.53. The summed E-state index contributed by atoms with van der Waals surface area (Å²) in [5.41, 5.74) is 1.77. The predicted octanol–water partition coefficient (Wildman–Crippen LogP) is 2.77. The highest BCUT2D eigenvalue weighted by Gasteiger charge is 2.42. The zero-order valence-corrected chi connectivity index (χ0v) is 15.1. The average Bonchev–Trinajstić information content (AvgIpc) is 2.82. The quantitative estimate of drug-likeness (QED) is 0.801. The summed E-state index contributed by atoms with van der Waals surface area (Å²) < 4.78 is 11.8. The highest BCUT2D eigenvalue weighted by atomic mass is 16.5. The highest BCUT2D eigenvalue weighted by molar-refractivity contribution is 5.28. The van der Waals surface area contributed by atoms with Crippen molar-refractivity contribution >= 4 is 0 Å². The summed E-state index contributed by atoms with van der Waals surface area (Å²) in [7, 11) is 2.20. The van der Waals surface area contributed by atoms with Gasteiger partial charge >= 0.3 is 0 Å². The molecule has 1 aromatic carbocycles. The molecule has 4 heteroatoms. The van der Waals surface area contributed by atoms with Gasteiger partial charge in [0.2, 0.25) is 0 Å². The fourth-order valence-electron chi connectivity index (χ4n) is 4.56. The zero-order chi connectivity index (χ0) is 16.6. The lowest BCUT2D eigenvalue weighted by Crippen LogP contribution is -2.47. The number of fused-ring (bicyclic) bond motifs is 2. The van der Waals surface area contributed by atoms with E-state index in [1.54, 1.807) is 0 Å². The van der Waals surface area contributed by atoms with Gasteiger partial charge in [0.1, 0.15) is 11.4 Å². The molecule has 0 saturated carbocycles. The summed E-state index contributed by atoms with van der Waals surface area (Å²) in [5, 5.41) is 0. The molecule has 3 aliphatic rings. The van der Waals surface area contributed by atoms with Crippen LogP contribution in [0.4, 0.5) is 0 Å². The third-order valence-corrected chi connectivity index (χ3v) is 5.77. The second kappa shape index (κ2) is 6.32. The number of benzene rings is 1. The van der Waals surface area contributed by atoms with Gasteiger partial charge in [0.25, 0.3) is 0 Å². The van der Waals surface area contributed by atoms with Crippen molar-refractivity contribution in [3.63, 3.8) is 0 Å². The van der Waals surface area contributed by atoms with Crippen LogP contribution in [0.5, 0.6) is 5.75 Å². The number of hydrogen-bond donors (Lipinski definition) is 0. The normalized spacial score (nSPS) is 31.0. The van der Waals surface area contributed by atoms with Crippen LogP contribution in [0, 0.1) is 5.41 Å². The molecule has 3 saturated heterocycles. The Bertz CT molecular complexity index is 566. The molecule has 1 aromatic rings. The third kappa shape index (κ3) is 3.46. The smallest absolute Gasteiger partial charge is 0.123 e. The van der Waals surface area contributed by atoms with Gasteiger partial charge in [0.05, 0.1) is 13.2 Å². The number of hydrogen-bond acceptors (Lipinski definition) is 4. The van der Waals surface area contributed by atoms with Crippen molar-refractivity contribution in [2.45, 2.75) is 38.3 Å². The highest BCUT2D eigenvalue weighted by Crippen LogP contribution is 2.35. The first kappa shape index (κ1) is 16.4. The van der Waals surface area contributed by atoms with Crippen molar-refractivity contribution in [2.75, 3.05) is 46.4 Å². The molecule has 0 aliphatic carbocycles. The lowest BCUT2D eigenvalue weighted by atomic mass is 9.88. The van der Waals surface area contributed by atoms with Gasteiger partial charge in [-0.3, -0.25) is 4.90 Å². The van der Waals surface area contributed by atoms with Crippen LogP contribution in [0.1, 0.15) is 31.7 Å². The molecule has 0 spiro atoms. The first-order valence-corrected chi connectivity index (χ1v) is 9.31. The summed E-state index contributed by atoms with van der Waals surface area (Å²) in [6, 6.07) is 8.75. The van der Waals surface area contributed by atoms with Gasteiger partial charge in [0, 0.05) is 38.0 Å². The number of ether oxygens (including phenoxy) is 2. The molecule has 3 heterocycles. The van der Waals surface area contributed by atoms with Crippen molar-refractivity contribution in [1.82, 2.24) is 9.80 Å².